The average molecular weight is 231 g/mol. The average Bonchev–Trinajstić information content (AvgIpc) is 2.87. The SMILES string of the molecule is CCCCCCl.CN1C2CCC13CN3C2. The number of hydrogen-bond acceptors (Lipinski definition) is 2. The van der Waals surface area contributed by atoms with Crippen molar-refractivity contribution in [3.8, 4) is 0 Å². The van der Waals surface area contributed by atoms with Crippen molar-refractivity contribution in [3.05, 3.63) is 0 Å². The third-order valence-electron chi connectivity index (χ3n) is 4.18. The highest BCUT2D eigenvalue weighted by atomic mass is 35.5. The summed E-state index contributed by atoms with van der Waals surface area (Å²) in [5, 5.41) is 0. The quantitative estimate of drug-likeness (QED) is 0.418. The van der Waals surface area contributed by atoms with Crippen molar-refractivity contribution in [3.63, 3.8) is 0 Å². The lowest BCUT2D eigenvalue weighted by Crippen LogP contribution is -2.30. The number of halogens is 1. The van der Waals surface area contributed by atoms with E-state index in [-0.39, 0.29) is 0 Å². The summed E-state index contributed by atoms with van der Waals surface area (Å²) in [4.78, 5) is 5.17. The minimum atomic E-state index is 0.602. The lowest BCUT2D eigenvalue weighted by atomic mass is 10.1. The number of rotatable bonds is 3. The minimum Gasteiger partial charge on any atom is -0.283 e. The summed E-state index contributed by atoms with van der Waals surface area (Å²) in [7, 11) is 2.28. The summed E-state index contributed by atoms with van der Waals surface area (Å²) in [6.07, 6.45) is 6.62. The van der Waals surface area contributed by atoms with E-state index in [9.17, 15) is 0 Å². The van der Waals surface area contributed by atoms with Crippen LogP contribution in [0.2, 0.25) is 0 Å². The van der Waals surface area contributed by atoms with E-state index in [0.29, 0.717) is 5.66 Å². The van der Waals surface area contributed by atoms with E-state index in [1.807, 2.05) is 0 Å². The van der Waals surface area contributed by atoms with Crippen molar-refractivity contribution >= 4 is 11.6 Å². The molecule has 0 radical (unpaired) electrons. The summed E-state index contributed by atoms with van der Waals surface area (Å²) in [5.41, 5.74) is 0.602. The molecule has 3 heterocycles. The lowest BCUT2D eigenvalue weighted by Gasteiger charge is -2.15. The van der Waals surface area contributed by atoms with Crippen LogP contribution in [-0.4, -0.2) is 47.5 Å². The van der Waals surface area contributed by atoms with E-state index in [1.54, 1.807) is 0 Å². The van der Waals surface area contributed by atoms with Gasteiger partial charge in [0.25, 0.3) is 0 Å². The van der Waals surface area contributed by atoms with Crippen LogP contribution in [0.3, 0.4) is 0 Å². The summed E-state index contributed by atoms with van der Waals surface area (Å²) in [6.45, 7) is 4.89. The number of fused-ring (bicyclic) bond motifs is 1. The van der Waals surface area contributed by atoms with Crippen molar-refractivity contribution in [2.75, 3.05) is 26.0 Å². The van der Waals surface area contributed by atoms with Crippen molar-refractivity contribution in [1.82, 2.24) is 9.80 Å². The number of likely N-dealkylation sites (N-methyl/N-ethyl adjacent to an activating group) is 1. The standard InChI is InChI=1S/C7H12N2.C5H11Cl/c1-8-6-2-3-7(8)5-9(7)4-6;1-2-3-4-5-6/h6H,2-5H2,1H3;2-5H2,1H3. The van der Waals surface area contributed by atoms with Gasteiger partial charge in [0.1, 0.15) is 0 Å². The van der Waals surface area contributed by atoms with Gasteiger partial charge >= 0.3 is 0 Å². The van der Waals surface area contributed by atoms with Crippen LogP contribution in [0.4, 0.5) is 0 Å². The summed E-state index contributed by atoms with van der Waals surface area (Å²) >= 11 is 5.38. The molecule has 15 heavy (non-hydrogen) atoms. The van der Waals surface area contributed by atoms with Crippen LogP contribution in [0.15, 0.2) is 0 Å². The highest BCUT2D eigenvalue weighted by Crippen LogP contribution is 2.52. The zero-order valence-electron chi connectivity index (χ0n) is 10.0. The molecule has 0 aliphatic carbocycles. The molecule has 1 spiro atoms. The second kappa shape index (κ2) is 4.60. The van der Waals surface area contributed by atoms with Crippen molar-refractivity contribution in [2.24, 2.45) is 0 Å². The van der Waals surface area contributed by atoms with Crippen LogP contribution in [0.1, 0.15) is 39.0 Å². The summed E-state index contributed by atoms with van der Waals surface area (Å²) < 4.78 is 0. The lowest BCUT2D eigenvalue weighted by molar-refractivity contribution is 0.265. The highest BCUT2D eigenvalue weighted by molar-refractivity contribution is 6.17. The Hall–Kier alpha value is 0.210. The largest absolute Gasteiger partial charge is 0.283 e. The maximum absolute atomic E-state index is 5.38. The first-order chi connectivity index (χ1) is 7.24. The Morgan fingerprint density at radius 1 is 1.40 bits per heavy atom. The van der Waals surface area contributed by atoms with Gasteiger partial charge in [-0.25, -0.2) is 0 Å². The zero-order valence-corrected chi connectivity index (χ0v) is 10.8. The van der Waals surface area contributed by atoms with Gasteiger partial charge in [0, 0.05) is 25.0 Å². The van der Waals surface area contributed by atoms with Gasteiger partial charge in [-0.05, 0) is 26.3 Å². The molecule has 0 saturated carbocycles. The van der Waals surface area contributed by atoms with Crippen LogP contribution < -0.4 is 0 Å². The Balaban J connectivity index is 0.000000127. The van der Waals surface area contributed by atoms with Gasteiger partial charge in [0.05, 0.1) is 5.66 Å². The predicted molar refractivity (Wildman–Crippen MR) is 65.3 cm³/mol. The maximum Gasteiger partial charge on any atom is 0.0871 e. The number of hydrogen-bond donors (Lipinski definition) is 0. The van der Waals surface area contributed by atoms with Gasteiger partial charge < -0.3 is 0 Å². The number of piperazine rings is 1. The fourth-order valence-corrected chi connectivity index (χ4v) is 3.19. The first-order valence-electron chi connectivity index (χ1n) is 6.28. The Bertz CT molecular complexity index is 218. The molecule has 3 atom stereocenters. The second-order valence-corrected chi connectivity index (χ2v) is 5.44. The van der Waals surface area contributed by atoms with Crippen LogP contribution in [0.5, 0.6) is 0 Å². The molecule has 2 bridgehead atoms. The third-order valence-corrected chi connectivity index (χ3v) is 4.45. The molecular weight excluding hydrogens is 208 g/mol. The Labute approximate surface area is 98.6 Å². The van der Waals surface area contributed by atoms with Gasteiger partial charge in [-0.15, -0.1) is 11.6 Å². The number of unbranched alkanes of at least 4 members (excludes halogenated alkanes) is 2. The maximum atomic E-state index is 5.38. The van der Waals surface area contributed by atoms with Crippen LogP contribution in [0, 0.1) is 0 Å². The van der Waals surface area contributed by atoms with E-state index in [4.69, 9.17) is 11.6 Å². The topological polar surface area (TPSA) is 6.25 Å². The molecule has 2 nitrogen and oxygen atoms in total. The first kappa shape index (κ1) is 11.7. The van der Waals surface area contributed by atoms with E-state index in [2.05, 4.69) is 23.8 Å². The van der Waals surface area contributed by atoms with Crippen LogP contribution in [0.25, 0.3) is 0 Å². The molecule has 3 aliphatic rings. The molecule has 3 aliphatic heterocycles. The third kappa shape index (κ3) is 2.04. The molecular formula is C12H23ClN2. The molecule has 3 unspecified atom stereocenters. The van der Waals surface area contributed by atoms with E-state index in [0.717, 1.165) is 11.9 Å². The van der Waals surface area contributed by atoms with Crippen molar-refractivity contribution in [2.45, 2.75) is 50.7 Å². The molecule has 3 rings (SSSR count). The van der Waals surface area contributed by atoms with Crippen LogP contribution in [-0.2, 0) is 0 Å². The molecule has 0 aromatic heterocycles. The van der Waals surface area contributed by atoms with Gasteiger partial charge in [-0.3, -0.25) is 9.80 Å². The normalized spacial score (nSPS) is 41.0. The van der Waals surface area contributed by atoms with E-state index in [1.165, 1.54) is 45.2 Å². The molecule has 0 aromatic rings. The molecule has 88 valence electrons. The monoisotopic (exact) mass is 230 g/mol. The molecule has 0 aromatic carbocycles. The number of piperidine rings is 1. The molecule has 3 fully saturated rings. The fourth-order valence-electron chi connectivity index (χ4n) is 3.00. The number of nitrogens with zero attached hydrogens (tertiary/aromatic N) is 2. The molecule has 3 heteroatoms. The predicted octanol–water partition coefficient (Wildman–Crippen LogP) is 2.52. The highest BCUT2D eigenvalue weighted by Gasteiger charge is 2.65. The Kier molecular flexibility index (Phi) is 3.59. The summed E-state index contributed by atoms with van der Waals surface area (Å²) in [5.74, 6) is 0.827. The zero-order chi connectivity index (χ0) is 10.9. The molecule has 3 saturated heterocycles. The minimum absolute atomic E-state index is 0.602. The second-order valence-electron chi connectivity index (χ2n) is 5.06. The smallest absolute Gasteiger partial charge is 0.0871 e. The Morgan fingerprint density at radius 3 is 2.47 bits per heavy atom. The molecule has 0 N–H and O–H groups in total. The van der Waals surface area contributed by atoms with Gasteiger partial charge in [0.15, 0.2) is 0 Å². The van der Waals surface area contributed by atoms with Crippen molar-refractivity contribution < 1.29 is 0 Å². The van der Waals surface area contributed by atoms with Crippen LogP contribution >= 0.6 is 11.6 Å². The first-order valence-corrected chi connectivity index (χ1v) is 6.82. The van der Waals surface area contributed by atoms with Gasteiger partial charge in [-0.1, -0.05) is 19.8 Å². The van der Waals surface area contributed by atoms with E-state index >= 15 is 0 Å². The fraction of sp³-hybridized carbons (Fsp3) is 1.00. The van der Waals surface area contributed by atoms with Crippen molar-refractivity contribution in [1.29, 1.82) is 0 Å². The molecule has 0 amide bonds. The van der Waals surface area contributed by atoms with E-state index < -0.39 is 0 Å². The van der Waals surface area contributed by atoms with Gasteiger partial charge in [0.2, 0.25) is 0 Å². The number of alkyl halides is 1. The Morgan fingerprint density at radius 2 is 2.20 bits per heavy atom. The summed E-state index contributed by atoms with van der Waals surface area (Å²) in [6, 6.07) is 0.916. The van der Waals surface area contributed by atoms with Gasteiger partial charge in [-0.2, -0.15) is 0 Å².